The Hall–Kier alpha value is -0.720. The molecule has 0 N–H and O–H groups in total. The molecule has 0 saturated heterocycles. The lowest BCUT2D eigenvalue weighted by Gasteiger charge is -2.29. The molecule has 0 aromatic carbocycles. The lowest BCUT2D eigenvalue weighted by Crippen LogP contribution is -2.24. The van der Waals surface area contributed by atoms with Crippen LogP contribution in [0.5, 0.6) is 0 Å². The molecule has 0 aromatic rings. The molecule has 0 aromatic heterocycles. The van der Waals surface area contributed by atoms with Crippen LogP contribution in [0.25, 0.3) is 0 Å². The van der Waals surface area contributed by atoms with Gasteiger partial charge >= 0.3 is 0 Å². The van der Waals surface area contributed by atoms with Gasteiger partial charge in [-0.15, -0.1) is 0 Å². The highest BCUT2D eigenvalue weighted by atomic mass is 15.1. The van der Waals surface area contributed by atoms with Crippen LogP contribution < -0.4 is 0 Å². The largest absolute Gasteiger partial charge is 0.378 e. The van der Waals surface area contributed by atoms with Gasteiger partial charge in [-0.05, 0) is 31.3 Å². The van der Waals surface area contributed by atoms with E-state index in [1.165, 1.54) is 31.5 Å². The van der Waals surface area contributed by atoms with Crippen molar-refractivity contribution in [3.63, 3.8) is 0 Å². The summed E-state index contributed by atoms with van der Waals surface area (Å²) in [5, 5.41) is 0. The molecule has 0 amide bonds. The topological polar surface area (TPSA) is 3.24 Å². The second-order valence-electron chi connectivity index (χ2n) is 3.66. The number of allylic oxidation sites excluding steroid dienone is 4. The van der Waals surface area contributed by atoms with Gasteiger partial charge < -0.3 is 4.90 Å². The van der Waals surface area contributed by atoms with Crippen LogP contribution in [0.2, 0.25) is 0 Å². The summed E-state index contributed by atoms with van der Waals surface area (Å²) in [5.74, 6) is 0. The molecule has 1 aliphatic heterocycles. The maximum atomic E-state index is 2.40. The van der Waals surface area contributed by atoms with Crippen LogP contribution in [0, 0.1) is 0 Å². The number of hydrogen-bond acceptors (Lipinski definition) is 1. The molecule has 74 valence electrons. The molecule has 0 bridgehead atoms. The molecule has 13 heavy (non-hydrogen) atoms. The summed E-state index contributed by atoms with van der Waals surface area (Å²) < 4.78 is 0. The minimum atomic E-state index is 1.14. The van der Waals surface area contributed by atoms with Gasteiger partial charge in [0.15, 0.2) is 0 Å². The van der Waals surface area contributed by atoms with E-state index in [-0.39, 0.29) is 0 Å². The summed E-state index contributed by atoms with van der Waals surface area (Å²) in [5.41, 5.74) is 3.09. The van der Waals surface area contributed by atoms with Gasteiger partial charge in [-0.1, -0.05) is 26.0 Å². The second-order valence-corrected chi connectivity index (χ2v) is 3.66. The Bertz CT molecular complexity index is 213. The standard InChI is InChI=1S/C12H21N/c1-4-6-8-11-9-7-10-13(3)12(11)5-2/h6,8H,4-5,7,9-10H2,1-3H3/b8-6-. The quantitative estimate of drug-likeness (QED) is 0.642. The van der Waals surface area contributed by atoms with E-state index in [0.717, 1.165) is 6.42 Å². The van der Waals surface area contributed by atoms with Crippen molar-refractivity contribution in [3.8, 4) is 0 Å². The third-order valence-electron chi connectivity index (χ3n) is 2.66. The molecule has 0 spiro atoms. The zero-order chi connectivity index (χ0) is 9.68. The summed E-state index contributed by atoms with van der Waals surface area (Å²) in [6.45, 7) is 5.67. The molecule has 0 fully saturated rings. The van der Waals surface area contributed by atoms with Crippen molar-refractivity contribution in [2.24, 2.45) is 0 Å². The van der Waals surface area contributed by atoms with Gasteiger partial charge in [0.05, 0.1) is 0 Å². The van der Waals surface area contributed by atoms with Gasteiger partial charge in [-0.3, -0.25) is 0 Å². The van der Waals surface area contributed by atoms with Gasteiger partial charge in [0.1, 0.15) is 0 Å². The predicted molar refractivity (Wildman–Crippen MR) is 58.6 cm³/mol. The number of nitrogens with zero attached hydrogens (tertiary/aromatic N) is 1. The molecule has 1 heterocycles. The van der Waals surface area contributed by atoms with Crippen LogP contribution >= 0.6 is 0 Å². The molecule has 0 atom stereocenters. The van der Waals surface area contributed by atoms with E-state index >= 15 is 0 Å². The summed E-state index contributed by atoms with van der Waals surface area (Å²) in [6, 6.07) is 0. The first-order valence-corrected chi connectivity index (χ1v) is 5.39. The molecule has 0 aliphatic carbocycles. The maximum absolute atomic E-state index is 2.40. The van der Waals surface area contributed by atoms with Crippen LogP contribution in [0.1, 0.15) is 39.5 Å². The molecule has 0 saturated carbocycles. The number of hydrogen-bond donors (Lipinski definition) is 0. The highest BCUT2D eigenvalue weighted by molar-refractivity contribution is 5.26. The molecule has 1 heteroatoms. The Balaban J connectivity index is 2.79. The Morgan fingerprint density at radius 1 is 1.38 bits per heavy atom. The maximum Gasteiger partial charge on any atom is 0.0175 e. The van der Waals surface area contributed by atoms with Crippen LogP contribution in [0.4, 0.5) is 0 Å². The predicted octanol–water partition coefficient (Wildman–Crippen LogP) is 3.34. The first kappa shape index (κ1) is 10.4. The molecule has 0 radical (unpaired) electrons. The Labute approximate surface area is 82.1 Å². The highest BCUT2D eigenvalue weighted by Crippen LogP contribution is 2.24. The van der Waals surface area contributed by atoms with Gasteiger partial charge in [0.2, 0.25) is 0 Å². The highest BCUT2D eigenvalue weighted by Gasteiger charge is 2.12. The average molecular weight is 179 g/mol. The third-order valence-corrected chi connectivity index (χ3v) is 2.66. The SMILES string of the molecule is CC/C=C\C1=C(CC)N(C)CCC1. The van der Waals surface area contributed by atoms with Gasteiger partial charge in [-0.2, -0.15) is 0 Å². The monoisotopic (exact) mass is 179 g/mol. The first-order chi connectivity index (χ1) is 6.29. The fourth-order valence-electron chi connectivity index (χ4n) is 1.97. The fraction of sp³-hybridized carbons (Fsp3) is 0.667. The van der Waals surface area contributed by atoms with E-state index in [4.69, 9.17) is 0 Å². The van der Waals surface area contributed by atoms with Gasteiger partial charge in [0, 0.05) is 19.3 Å². The molecular weight excluding hydrogens is 158 g/mol. The zero-order valence-corrected chi connectivity index (χ0v) is 9.14. The second kappa shape index (κ2) is 5.11. The minimum absolute atomic E-state index is 1.14. The van der Waals surface area contributed by atoms with Crippen LogP contribution in [0.3, 0.4) is 0 Å². The van der Waals surface area contributed by atoms with Gasteiger partial charge in [0.25, 0.3) is 0 Å². The van der Waals surface area contributed by atoms with Crippen LogP contribution in [-0.4, -0.2) is 18.5 Å². The first-order valence-electron chi connectivity index (χ1n) is 5.39. The molecular formula is C12H21N. The fourth-order valence-corrected chi connectivity index (χ4v) is 1.97. The van der Waals surface area contributed by atoms with Crippen LogP contribution in [0.15, 0.2) is 23.4 Å². The molecule has 0 unspecified atom stereocenters. The third kappa shape index (κ3) is 2.61. The average Bonchev–Trinajstić information content (AvgIpc) is 2.15. The van der Waals surface area contributed by atoms with Crippen molar-refractivity contribution in [3.05, 3.63) is 23.4 Å². The number of rotatable bonds is 3. The zero-order valence-electron chi connectivity index (χ0n) is 9.14. The lowest BCUT2D eigenvalue weighted by atomic mass is 10.0. The van der Waals surface area contributed by atoms with Crippen molar-refractivity contribution in [1.82, 2.24) is 4.90 Å². The molecule has 1 nitrogen and oxygen atoms in total. The van der Waals surface area contributed by atoms with Crippen molar-refractivity contribution in [1.29, 1.82) is 0 Å². The minimum Gasteiger partial charge on any atom is -0.378 e. The lowest BCUT2D eigenvalue weighted by molar-refractivity contribution is 0.370. The van der Waals surface area contributed by atoms with E-state index in [0.29, 0.717) is 0 Å². The Morgan fingerprint density at radius 2 is 2.15 bits per heavy atom. The summed E-state index contributed by atoms with van der Waals surface area (Å²) >= 11 is 0. The summed E-state index contributed by atoms with van der Waals surface area (Å²) in [7, 11) is 2.21. The van der Waals surface area contributed by atoms with Crippen molar-refractivity contribution in [2.45, 2.75) is 39.5 Å². The van der Waals surface area contributed by atoms with E-state index in [9.17, 15) is 0 Å². The molecule has 1 rings (SSSR count). The van der Waals surface area contributed by atoms with E-state index in [2.05, 4.69) is 37.9 Å². The molecule has 1 aliphatic rings. The van der Waals surface area contributed by atoms with Crippen molar-refractivity contribution >= 4 is 0 Å². The Kier molecular flexibility index (Phi) is 4.07. The summed E-state index contributed by atoms with van der Waals surface area (Å²) in [4.78, 5) is 2.40. The van der Waals surface area contributed by atoms with E-state index in [1.54, 1.807) is 5.57 Å². The Morgan fingerprint density at radius 3 is 2.77 bits per heavy atom. The van der Waals surface area contributed by atoms with Gasteiger partial charge in [-0.25, -0.2) is 0 Å². The van der Waals surface area contributed by atoms with E-state index < -0.39 is 0 Å². The van der Waals surface area contributed by atoms with Crippen molar-refractivity contribution < 1.29 is 0 Å². The normalized spacial score (nSPS) is 18.8. The summed E-state index contributed by atoms with van der Waals surface area (Å²) in [6.07, 6.45) is 9.47. The van der Waals surface area contributed by atoms with Crippen LogP contribution in [-0.2, 0) is 0 Å². The van der Waals surface area contributed by atoms with Crippen molar-refractivity contribution in [2.75, 3.05) is 13.6 Å². The van der Waals surface area contributed by atoms with E-state index in [1.807, 2.05) is 0 Å². The smallest absolute Gasteiger partial charge is 0.0175 e.